The highest BCUT2D eigenvalue weighted by molar-refractivity contribution is 7.11. The first-order chi connectivity index (χ1) is 8.50. The monoisotopic (exact) mass is 269 g/mol. The third-order valence-electron chi connectivity index (χ3n) is 3.34. The molecule has 0 saturated heterocycles. The molecule has 0 amide bonds. The van der Waals surface area contributed by atoms with Crippen LogP contribution in [0, 0.1) is 13.8 Å². The normalized spacial score (nSPS) is 11.7. The molecule has 104 valence electrons. The van der Waals surface area contributed by atoms with Gasteiger partial charge in [0.25, 0.3) is 0 Å². The lowest BCUT2D eigenvalue weighted by Crippen LogP contribution is -2.27. The zero-order valence-electron chi connectivity index (χ0n) is 12.4. The third-order valence-corrected chi connectivity index (χ3v) is 4.42. The maximum absolute atomic E-state index is 4.53. The van der Waals surface area contributed by atoms with Gasteiger partial charge < -0.3 is 10.2 Å². The Morgan fingerprint density at radius 3 is 2.56 bits per heavy atom. The highest BCUT2D eigenvalue weighted by Gasteiger charge is 2.03. The van der Waals surface area contributed by atoms with E-state index in [9.17, 15) is 0 Å². The van der Waals surface area contributed by atoms with Crippen LogP contribution in [0.5, 0.6) is 0 Å². The van der Waals surface area contributed by atoms with Crippen molar-refractivity contribution in [2.45, 2.75) is 53.1 Å². The molecule has 0 unspecified atom stereocenters. The van der Waals surface area contributed by atoms with E-state index in [1.165, 1.54) is 35.0 Å². The van der Waals surface area contributed by atoms with Crippen molar-refractivity contribution in [3.05, 3.63) is 15.6 Å². The summed E-state index contributed by atoms with van der Waals surface area (Å²) in [5.41, 5.74) is 1.18. The zero-order chi connectivity index (χ0) is 13.5. The smallest absolute Gasteiger partial charge is 0.107 e. The summed E-state index contributed by atoms with van der Waals surface area (Å²) in [6.45, 7) is 11.9. The van der Waals surface area contributed by atoms with Crippen molar-refractivity contribution in [2.24, 2.45) is 0 Å². The van der Waals surface area contributed by atoms with Crippen LogP contribution in [0.25, 0.3) is 0 Å². The van der Waals surface area contributed by atoms with Crippen molar-refractivity contribution in [3.63, 3.8) is 0 Å². The van der Waals surface area contributed by atoms with E-state index in [2.05, 4.69) is 49.9 Å². The van der Waals surface area contributed by atoms with E-state index >= 15 is 0 Å². The number of hydrogen-bond donors (Lipinski definition) is 1. The molecule has 18 heavy (non-hydrogen) atoms. The lowest BCUT2D eigenvalue weighted by Gasteiger charge is -2.20. The van der Waals surface area contributed by atoms with Gasteiger partial charge in [-0.15, -0.1) is 11.3 Å². The Hall–Kier alpha value is -0.450. The fourth-order valence-electron chi connectivity index (χ4n) is 1.68. The molecule has 0 aliphatic heterocycles. The molecule has 0 aliphatic rings. The molecule has 1 N–H and O–H groups in total. The van der Waals surface area contributed by atoms with Crippen molar-refractivity contribution in [1.29, 1.82) is 0 Å². The molecule has 0 fully saturated rings. The molecule has 1 rings (SSSR count). The molecule has 0 spiro atoms. The van der Waals surface area contributed by atoms with Crippen molar-refractivity contribution < 1.29 is 0 Å². The second kappa shape index (κ2) is 7.87. The number of nitrogens with zero attached hydrogens (tertiary/aromatic N) is 2. The lowest BCUT2D eigenvalue weighted by molar-refractivity contribution is 0.268. The average Bonchev–Trinajstić information content (AvgIpc) is 2.62. The lowest BCUT2D eigenvalue weighted by atomic mass is 10.2. The van der Waals surface area contributed by atoms with Crippen LogP contribution in [0.15, 0.2) is 0 Å². The van der Waals surface area contributed by atoms with Crippen LogP contribution in [0.2, 0.25) is 0 Å². The average molecular weight is 269 g/mol. The SMILES string of the molecule is Cc1nc(CNCCCCN(C)C(C)C)sc1C. The first-order valence-electron chi connectivity index (χ1n) is 6.84. The van der Waals surface area contributed by atoms with Crippen LogP contribution in [0.1, 0.15) is 42.3 Å². The van der Waals surface area contributed by atoms with Gasteiger partial charge in [-0.3, -0.25) is 0 Å². The molecular formula is C14H27N3S. The minimum atomic E-state index is 0.652. The Kier molecular flexibility index (Phi) is 6.82. The molecule has 0 atom stereocenters. The van der Waals surface area contributed by atoms with Crippen LogP contribution in [0.4, 0.5) is 0 Å². The molecule has 0 bridgehead atoms. The Bertz CT molecular complexity index is 327. The van der Waals surface area contributed by atoms with Crippen LogP contribution >= 0.6 is 11.3 Å². The molecule has 0 radical (unpaired) electrons. The Morgan fingerprint density at radius 2 is 2.00 bits per heavy atom. The predicted octanol–water partition coefficient (Wildman–Crippen LogP) is 2.97. The number of unbranched alkanes of at least 4 members (excludes halogenated alkanes) is 1. The molecule has 4 heteroatoms. The largest absolute Gasteiger partial charge is 0.310 e. The number of hydrogen-bond acceptors (Lipinski definition) is 4. The van der Waals surface area contributed by atoms with Gasteiger partial charge in [-0.25, -0.2) is 4.98 Å². The first-order valence-corrected chi connectivity index (χ1v) is 7.66. The standard InChI is InChI=1S/C14H27N3S/c1-11(2)17(5)9-7-6-8-15-10-14-16-12(3)13(4)18-14/h11,15H,6-10H2,1-5H3. The van der Waals surface area contributed by atoms with E-state index < -0.39 is 0 Å². The molecule has 0 aromatic carbocycles. The van der Waals surface area contributed by atoms with Gasteiger partial charge >= 0.3 is 0 Å². The minimum Gasteiger partial charge on any atom is -0.310 e. The maximum Gasteiger partial charge on any atom is 0.107 e. The quantitative estimate of drug-likeness (QED) is 0.735. The first kappa shape index (κ1) is 15.6. The number of aryl methyl sites for hydroxylation is 2. The van der Waals surface area contributed by atoms with Crippen molar-refractivity contribution in [1.82, 2.24) is 15.2 Å². The fourth-order valence-corrected chi connectivity index (χ4v) is 2.58. The van der Waals surface area contributed by atoms with Gasteiger partial charge in [-0.05, 0) is 60.7 Å². The van der Waals surface area contributed by atoms with Gasteiger partial charge in [-0.1, -0.05) is 0 Å². The zero-order valence-corrected chi connectivity index (χ0v) is 13.2. The molecule has 1 aromatic rings. The van der Waals surface area contributed by atoms with E-state index in [0.717, 1.165) is 13.1 Å². The maximum atomic E-state index is 4.53. The molecular weight excluding hydrogens is 242 g/mol. The van der Waals surface area contributed by atoms with Gasteiger partial charge in [0.2, 0.25) is 0 Å². The highest BCUT2D eigenvalue weighted by atomic mass is 32.1. The Balaban J connectivity index is 2.05. The van der Waals surface area contributed by atoms with E-state index in [-0.39, 0.29) is 0 Å². The van der Waals surface area contributed by atoms with Crippen molar-refractivity contribution in [2.75, 3.05) is 20.1 Å². The van der Waals surface area contributed by atoms with E-state index in [0.29, 0.717) is 6.04 Å². The molecule has 1 heterocycles. The van der Waals surface area contributed by atoms with Gasteiger partial charge in [0.1, 0.15) is 5.01 Å². The number of thiazole rings is 1. The van der Waals surface area contributed by atoms with Crippen molar-refractivity contribution in [3.8, 4) is 0 Å². The van der Waals surface area contributed by atoms with Crippen LogP contribution in [0.3, 0.4) is 0 Å². The van der Waals surface area contributed by atoms with Gasteiger partial charge in [0.05, 0.1) is 5.69 Å². The van der Waals surface area contributed by atoms with E-state index in [4.69, 9.17) is 0 Å². The highest BCUT2D eigenvalue weighted by Crippen LogP contribution is 2.15. The van der Waals surface area contributed by atoms with Gasteiger partial charge in [0.15, 0.2) is 0 Å². The molecule has 0 saturated carbocycles. The summed E-state index contributed by atoms with van der Waals surface area (Å²) in [4.78, 5) is 8.26. The molecule has 0 aliphatic carbocycles. The Labute approximate surface area is 116 Å². The summed E-state index contributed by atoms with van der Waals surface area (Å²) >= 11 is 1.81. The van der Waals surface area contributed by atoms with Crippen LogP contribution in [-0.2, 0) is 6.54 Å². The van der Waals surface area contributed by atoms with Gasteiger partial charge in [-0.2, -0.15) is 0 Å². The minimum absolute atomic E-state index is 0.652. The second-order valence-electron chi connectivity index (χ2n) is 5.21. The second-order valence-corrected chi connectivity index (χ2v) is 6.50. The third kappa shape index (κ3) is 5.46. The summed E-state index contributed by atoms with van der Waals surface area (Å²) < 4.78 is 0. The van der Waals surface area contributed by atoms with Crippen molar-refractivity contribution >= 4 is 11.3 Å². The van der Waals surface area contributed by atoms with E-state index in [1.54, 1.807) is 11.3 Å². The van der Waals surface area contributed by atoms with Crippen LogP contribution < -0.4 is 5.32 Å². The number of aromatic nitrogens is 1. The predicted molar refractivity (Wildman–Crippen MR) is 80.3 cm³/mol. The summed E-state index contributed by atoms with van der Waals surface area (Å²) in [6.07, 6.45) is 2.50. The van der Waals surface area contributed by atoms with Crippen LogP contribution in [-0.4, -0.2) is 36.1 Å². The van der Waals surface area contributed by atoms with Gasteiger partial charge in [0, 0.05) is 17.5 Å². The topological polar surface area (TPSA) is 28.2 Å². The summed E-state index contributed by atoms with van der Waals surface area (Å²) in [6, 6.07) is 0.652. The molecule has 1 aromatic heterocycles. The number of nitrogens with one attached hydrogen (secondary N) is 1. The summed E-state index contributed by atoms with van der Waals surface area (Å²) in [5.74, 6) is 0. The number of rotatable bonds is 8. The Morgan fingerprint density at radius 1 is 1.28 bits per heavy atom. The summed E-state index contributed by atoms with van der Waals surface area (Å²) in [7, 11) is 2.19. The van der Waals surface area contributed by atoms with E-state index in [1.807, 2.05) is 0 Å². The summed E-state index contributed by atoms with van der Waals surface area (Å²) in [5, 5.41) is 4.69. The fraction of sp³-hybridized carbons (Fsp3) is 0.786. The molecule has 3 nitrogen and oxygen atoms in total.